The van der Waals surface area contributed by atoms with Crippen molar-refractivity contribution in [1.29, 1.82) is 0 Å². The SMILES string of the molecule is CCN(CC)CCN(C(=O)c1cc2ccccc2o1)c1nc2ccc(OC)cc2s1. The first-order valence-electron chi connectivity index (χ1n) is 10.1. The molecule has 0 atom stereocenters. The molecule has 0 N–H and O–H groups in total. The van der Waals surface area contributed by atoms with E-state index in [9.17, 15) is 4.79 Å². The van der Waals surface area contributed by atoms with Crippen LogP contribution in [0.15, 0.2) is 52.9 Å². The molecule has 4 rings (SSSR count). The zero-order valence-corrected chi connectivity index (χ0v) is 18.2. The summed E-state index contributed by atoms with van der Waals surface area (Å²) >= 11 is 1.49. The van der Waals surface area contributed by atoms with E-state index >= 15 is 0 Å². The Kier molecular flexibility index (Phi) is 6.01. The molecule has 0 saturated carbocycles. The number of hydrogen-bond acceptors (Lipinski definition) is 6. The molecule has 0 radical (unpaired) electrons. The summed E-state index contributed by atoms with van der Waals surface area (Å²) in [6, 6.07) is 15.2. The minimum Gasteiger partial charge on any atom is -0.497 e. The van der Waals surface area contributed by atoms with Crippen molar-refractivity contribution in [1.82, 2.24) is 9.88 Å². The quantitative estimate of drug-likeness (QED) is 0.397. The first kappa shape index (κ1) is 20.4. The van der Waals surface area contributed by atoms with Crippen molar-refractivity contribution in [2.75, 3.05) is 38.2 Å². The van der Waals surface area contributed by atoms with Gasteiger partial charge in [0, 0.05) is 18.5 Å². The number of carbonyl (C=O) groups is 1. The molecule has 6 nitrogen and oxygen atoms in total. The molecule has 4 aromatic rings. The lowest BCUT2D eigenvalue weighted by Gasteiger charge is -2.24. The van der Waals surface area contributed by atoms with Crippen molar-refractivity contribution in [3.63, 3.8) is 0 Å². The summed E-state index contributed by atoms with van der Waals surface area (Å²) in [5, 5.41) is 1.58. The normalized spacial score (nSPS) is 11.5. The summed E-state index contributed by atoms with van der Waals surface area (Å²) in [5.41, 5.74) is 1.56. The summed E-state index contributed by atoms with van der Waals surface area (Å²) in [6.45, 7) is 7.41. The number of carbonyl (C=O) groups excluding carboxylic acids is 1. The minimum atomic E-state index is -0.177. The van der Waals surface area contributed by atoms with Gasteiger partial charge in [-0.3, -0.25) is 9.69 Å². The molecular formula is C23H25N3O3S. The first-order chi connectivity index (χ1) is 14.6. The van der Waals surface area contributed by atoms with Crippen molar-refractivity contribution in [2.24, 2.45) is 0 Å². The van der Waals surface area contributed by atoms with Crippen LogP contribution in [0.3, 0.4) is 0 Å². The van der Waals surface area contributed by atoms with Gasteiger partial charge in [0.1, 0.15) is 11.3 Å². The van der Waals surface area contributed by atoms with E-state index in [0.717, 1.165) is 41.0 Å². The van der Waals surface area contributed by atoms with E-state index in [4.69, 9.17) is 14.1 Å². The van der Waals surface area contributed by atoms with Crippen LogP contribution >= 0.6 is 11.3 Å². The van der Waals surface area contributed by atoms with Crippen LogP contribution in [-0.4, -0.2) is 49.1 Å². The summed E-state index contributed by atoms with van der Waals surface area (Å²) in [7, 11) is 1.64. The molecule has 2 aromatic heterocycles. The number of rotatable bonds is 8. The smallest absolute Gasteiger partial charge is 0.295 e. The van der Waals surface area contributed by atoms with Crippen molar-refractivity contribution in [3.8, 4) is 5.75 Å². The maximum Gasteiger partial charge on any atom is 0.295 e. The molecule has 7 heteroatoms. The van der Waals surface area contributed by atoms with Crippen LogP contribution in [0.2, 0.25) is 0 Å². The molecule has 30 heavy (non-hydrogen) atoms. The number of likely N-dealkylation sites (N-methyl/N-ethyl adjacent to an activating group) is 1. The summed E-state index contributed by atoms with van der Waals surface area (Å²) in [5.74, 6) is 0.924. The molecule has 0 bridgehead atoms. The van der Waals surface area contributed by atoms with Crippen LogP contribution in [0.25, 0.3) is 21.2 Å². The molecule has 0 aliphatic carbocycles. The average molecular weight is 424 g/mol. The number of ether oxygens (including phenoxy) is 1. The van der Waals surface area contributed by atoms with Gasteiger partial charge in [0.05, 0.1) is 17.3 Å². The topological polar surface area (TPSA) is 58.8 Å². The van der Waals surface area contributed by atoms with Gasteiger partial charge >= 0.3 is 0 Å². The number of methoxy groups -OCH3 is 1. The molecule has 0 fully saturated rings. The number of para-hydroxylation sites is 1. The van der Waals surface area contributed by atoms with Gasteiger partial charge in [0.15, 0.2) is 10.9 Å². The largest absolute Gasteiger partial charge is 0.497 e. The molecule has 1 amide bonds. The molecule has 2 heterocycles. The fourth-order valence-electron chi connectivity index (χ4n) is 3.42. The van der Waals surface area contributed by atoms with E-state index < -0.39 is 0 Å². The van der Waals surface area contributed by atoms with E-state index in [1.165, 1.54) is 11.3 Å². The van der Waals surface area contributed by atoms with Crippen molar-refractivity contribution >= 4 is 43.6 Å². The fourth-order valence-corrected chi connectivity index (χ4v) is 4.44. The zero-order chi connectivity index (χ0) is 21.1. The van der Waals surface area contributed by atoms with E-state index in [1.807, 2.05) is 42.5 Å². The van der Waals surface area contributed by atoms with Gasteiger partial charge in [-0.15, -0.1) is 0 Å². The van der Waals surface area contributed by atoms with Gasteiger partial charge in [-0.05, 0) is 43.4 Å². The Hall–Kier alpha value is -2.90. The number of aromatic nitrogens is 1. The Morgan fingerprint density at radius 3 is 2.63 bits per heavy atom. The molecular weight excluding hydrogens is 398 g/mol. The molecule has 156 valence electrons. The zero-order valence-electron chi connectivity index (χ0n) is 17.4. The lowest BCUT2D eigenvalue weighted by Crippen LogP contribution is -2.38. The predicted molar refractivity (Wildman–Crippen MR) is 122 cm³/mol. The maximum atomic E-state index is 13.5. The Balaban J connectivity index is 1.70. The average Bonchev–Trinajstić information content (AvgIpc) is 3.39. The van der Waals surface area contributed by atoms with Crippen LogP contribution in [0, 0.1) is 0 Å². The van der Waals surface area contributed by atoms with Crippen LogP contribution in [0.5, 0.6) is 5.75 Å². The highest BCUT2D eigenvalue weighted by atomic mass is 32.1. The third-order valence-electron chi connectivity index (χ3n) is 5.23. The molecule has 0 spiro atoms. The third kappa shape index (κ3) is 4.04. The van der Waals surface area contributed by atoms with Gasteiger partial charge in [-0.1, -0.05) is 43.4 Å². The van der Waals surface area contributed by atoms with E-state index in [1.54, 1.807) is 18.1 Å². The predicted octanol–water partition coefficient (Wildman–Crippen LogP) is 5.04. The van der Waals surface area contributed by atoms with Gasteiger partial charge in [-0.25, -0.2) is 4.98 Å². The third-order valence-corrected chi connectivity index (χ3v) is 6.27. The highest BCUT2D eigenvalue weighted by Gasteiger charge is 2.25. The summed E-state index contributed by atoms with van der Waals surface area (Å²) in [4.78, 5) is 22.2. The second kappa shape index (κ2) is 8.85. The van der Waals surface area contributed by atoms with E-state index in [0.29, 0.717) is 23.0 Å². The number of fused-ring (bicyclic) bond motifs is 2. The van der Waals surface area contributed by atoms with Crippen LogP contribution < -0.4 is 9.64 Å². The van der Waals surface area contributed by atoms with Gasteiger partial charge < -0.3 is 14.1 Å². The summed E-state index contributed by atoms with van der Waals surface area (Å²) in [6.07, 6.45) is 0. The maximum absolute atomic E-state index is 13.5. The van der Waals surface area contributed by atoms with Crippen LogP contribution in [0.4, 0.5) is 5.13 Å². The van der Waals surface area contributed by atoms with Gasteiger partial charge in [-0.2, -0.15) is 0 Å². The standard InChI is InChI=1S/C23H25N3O3S/c1-4-25(5-2)12-13-26(22(27)20-14-16-8-6-7-9-19(16)29-20)23-24-18-11-10-17(28-3)15-21(18)30-23/h6-11,14-15H,4-5,12-13H2,1-3H3. The Morgan fingerprint density at radius 1 is 1.10 bits per heavy atom. The van der Waals surface area contributed by atoms with Crippen molar-refractivity contribution in [3.05, 3.63) is 54.3 Å². The second-order valence-corrected chi connectivity index (χ2v) is 7.97. The van der Waals surface area contributed by atoms with E-state index in [-0.39, 0.29) is 5.91 Å². The number of furan rings is 1. The number of hydrogen-bond donors (Lipinski definition) is 0. The minimum absolute atomic E-state index is 0.177. The number of amides is 1. The van der Waals surface area contributed by atoms with Crippen LogP contribution in [-0.2, 0) is 0 Å². The van der Waals surface area contributed by atoms with Crippen LogP contribution in [0.1, 0.15) is 24.4 Å². The Morgan fingerprint density at radius 2 is 1.90 bits per heavy atom. The highest BCUT2D eigenvalue weighted by molar-refractivity contribution is 7.22. The van der Waals surface area contributed by atoms with Crippen molar-refractivity contribution in [2.45, 2.75) is 13.8 Å². The molecule has 2 aromatic carbocycles. The van der Waals surface area contributed by atoms with Gasteiger partial charge in [0.25, 0.3) is 5.91 Å². The lowest BCUT2D eigenvalue weighted by atomic mass is 10.2. The molecule has 0 aliphatic rings. The Bertz CT molecular complexity index is 1130. The number of benzene rings is 2. The number of anilines is 1. The number of nitrogens with zero attached hydrogens (tertiary/aromatic N) is 3. The fraction of sp³-hybridized carbons (Fsp3) is 0.304. The number of thiazole rings is 1. The van der Waals surface area contributed by atoms with E-state index in [2.05, 4.69) is 18.7 Å². The highest BCUT2D eigenvalue weighted by Crippen LogP contribution is 2.32. The molecule has 0 saturated heterocycles. The van der Waals surface area contributed by atoms with Gasteiger partial charge in [0.2, 0.25) is 0 Å². The molecule has 0 unspecified atom stereocenters. The molecule has 0 aliphatic heterocycles. The lowest BCUT2D eigenvalue weighted by molar-refractivity contribution is 0.0959. The first-order valence-corrected chi connectivity index (χ1v) is 10.9. The monoisotopic (exact) mass is 423 g/mol. The van der Waals surface area contributed by atoms with Crippen molar-refractivity contribution < 1.29 is 13.9 Å². The second-order valence-electron chi connectivity index (χ2n) is 6.96. The summed E-state index contributed by atoms with van der Waals surface area (Å²) < 4.78 is 12.2. The Labute approximate surface area is 179 Å².